The molecule has 2 aliphatic heterocycles. The van der Waals surface area contributed by atoms with Gasteiger partial charge in [-0.3, -0.25) is 4.79 Å². The van der Waals surface area contributed by atoms with Crippen molar-refractivity contribution in [1.29, 1.82) is 0 Å². The highest BCUT2D eigenvalue weighted by Crippen LogP contribution is 2.71. The lowest BCUT2D eigenvalue weighted by Crippen LogP contribution is -2.57. The molecule has 6 fully saturated rings. The minimum Gasteiger partial charge on any atom is -0.393 e. The summed E-state index contributed by atoms with van der Waals surface area (Å²) in [5, 5.41) is 10.3. The fraction of sp³-hybridized carbons (Fsp3) is 0.963. The van der Waals surface area contributed by atoms with Crippen LogP contribution in [0.1, 0.15) is 85.5 Å². The Balaban J connectivity index is 1.28. The summed E-state index contributed by atoms with van der Waals surface area (Å²) in [6, 6.07) is 0. The Bertz CT molecular complexity index is 756. The third-order valence-corrected chi connectivity index (χ3v) is 11.7. The summed E-state index contributed by atoms with van der Waals surface area (Å²) in [6.07, 6.45) is 9.21. The van der Waals surface area contributed by atoms with Crippen molar-refractivity contribution in [1.82, 2.24) is 0 Å². The minimum atomic E-state index is -0.356. The molecule has 12 atom stereocenters. The molecule has 2 saturated heterocycles. The van der Waals surface area contributed by atoms with E-state index in [0.29, 0.717) is 53.8 Å². The maximum Gasteiger partial charge on any atom is 0.171 e. The molecule has 31 heavy (non-hydrogen) atoms. The van der Waals surface area contributed by atoms with E-state index in [2.05, 4.69) is 27.7 Å². The molecular weight excluding hydrogens is 388 g/mol. The molecule has 2 heterocycles. The molecule has 4 saturated carbocycles. The zero-order valence-corrected chi connectivity index (χ0v) is 19.9. The summed E-state index contributed by atoms with van der Waals surface area (Å²) in [6.45, 7) is 10.4. The van der Waals surface area contributed by atoms with Crippen LogP contribution in [-0.4, -0.2) is 35.5 Å². The lowest BCUT2D eigenvalue weighted by Gasteiger charge is -2.60. The predicted molar refractivity (Wildman–Crippen MR) is 118 cm³/mol. The van der Waals surface area contributed by atoms with Crippen LogP contribution in [0.3, 0.4) is 0 Å². The molecule has 1 N–H and O–H groups in total. The fourth-order valence-corrected chi connectivity index (χ4v) is 10.0. The van der Waals surface area contributed by atoms with E-state index in [1.165, 1.54) is 19.3 Å². The van der Waals surface area contributed by atoms with Crippen LogP contribution in [-0.2, 0) is 14.3 Å². The largest absolute Gasteiger partial charge is 0.393 e. The van der Waals surface area contributed by atoms with Gasteiger partial charge in [0.2, 0.25) is 0 Å². The van der Waals surface area contributed by atoms with Gasteiger partial charge in [-0.2, -0.15) is 0 Å². The first-order chi connectivity index (χ1) is 14.7. The first-order valence-electron chi connectivity index (χ1n) is 13.2. The van der Waals surface area contributed by atoms with Gasteiger partial charge >= 0.3 is 0 Å². The highest BCUT2D eigenvalue weighted by Gasteiger charge is 2.69. The van der Waals surface area contributed by atoms with E-state index in [9.17, 15) is 9.90 Å². The molecule has 0 radical (unpaired) electrons. The topological polar surface area (TPSA) is 55.8 Å². The molecule has 4 aliphatic carbocycles. The number of hydrogen-bond acceptors (Lipinski definition) is 4. The summed E-state index contributed by atoms with van der Waals surface area (Å²) >= 11 is 0. The maximum absolute atomic E-state index is 13.3. The first kappa shape index (κ1) is 21.1. The molecule has 6 rings (SSSR count). The molecular formula is C27H42O4. The molecule has 0 aromatic rings. The van der Waals surface area contributed by atoms with E-state index in [1.807, 2.05) is 0 Å². The Hall–Kier alpha value is -0.450. The van der Waals surface area contributed by atoms with Crippen LogP contribution in [0.25, 0.3) is 0 Å². The third-order valence-electron chi connectivity index (χ3n) is 11.7. The standard InChI is InChI=1S/C27H42O4/c1-15-5-10-27(30-14-15)16(2)24-23(31-27)13-20-18-12-22(29)21-11-17(28)6-8-25(21,3)19(18)7-9-26(20,24)4/h15-21,23-24,28H,5-14H2,1-4H3/t15?,16-,17-,18+,19-,20-,21+,23-,24-,25+,26-,27+/m1/s1. The molecule has 6 aliphatic rings. The lowest BCUT2D eigenvalue weighted by atomic mass is 9.44. The molecule has 0 amide bonds. The summed E-state index contributed by atoms with van der Waals surface area (Å²) in [4.78, 5) is 13.3. The average molecular weight is 431 g/mol. The molecule has 1 spiro atoms. The minimum absolute atomic E-state index is 0.0823. The number of aliphatic hydroxyl groups is 1. The maximum atomic E-state index is 13.3. The normalized spacial score (nSPS) is 60.9. The van der Waals surface area contributed by atoms with E-state index >= 15 is 0 Å². The number of ether oxygens (including phenoxy) is 2. The highest BCUT2D eigenvalue weighted by molar-refractivity contribution is 5.83. The number of fused-ring (bicyclic) bond motifs is 7. The quantitative estimate of drug-likeness (QED) is 0.589. The van der Waals surface area contributed by atoms with Crippen molar-refractivity contribution in [2.45, 2.75) is 103 Å². The van der Waals surface area contributed by atoms with Crippen molar-refractivity contribution in [2.75, 3.05) is 6.61 Å². The van der Waals surface area contributed by atoms with E-state index in [-0.39, 0.29) is 28.6 Å². The van der Waals surface area contributed by atoms with Crippen LogP contribution in [0.15, 0.2) is 0 Å². The third kappa shape index (κ3) is 2.74. The van der Waals surface area contributed by atoms with Gasteiger partial charge in [0.1, 0.15) is 5.78 Å². The van der Waals surface area contributed by atoms with Crippen LogP contribution in [0.4, 0.5) is 0 Å². The Kier molecular flexibility index (Phi) is 4.62. The zero-order valence-electron chi connectivity index (χ0n) is 19.9. The van der Waals surface area contributed by atoms with Gasteiger partial charge in [-0.1, -0.05) is 27.7 Å². The average Bonchev–Trinajstić information content (AvgIpc) is 3.17. The molecule has 0 aromatic carbocycles. The van der Waals surface area contributed by atoms with E-state index in [4.69, 9.17) is 9.47 Å². The number of carbonyl (C=O) groups excluding carboxylic acids is 1. The summed E-state index contributed by atoms with van der Waals surface area (Å²) < 4.78 is 13.3. The molecule has 0 aromatic heterocycles. The first-order valence-corrected chi connectivity index (χ1v) is 13.2. The number of Topliss-reactive ketones (excluding diaryl/α,β-unsaturated/α-hetero) is 1. The number of hydrogen-bond donors (Lipinski definition) is 1. The van der Waals surface area contributed by atoms with E-state index in [1.54, 1.807) is 0 Å². The van der Waals surface area contributed by atoms with E-state index in [0.717, 1.165) is 38.7 Å². The second-order valence-corrected chi connectivity index (χ2v) is 13.1. The zero-order chi connectivity index (χ0) is 21.8. The van der Waals surface area contributed by atoms with Gasteiger partial charge in [0.25, 0.3) is 0 Å². The SMILES string of the molecule is CC1CC[C@]2(OC1)O[C@@H]1C[C@@H]3[C@H]4CC(=O)[C@@H]5C[C@H](O)CC[C@@]5(C)[C@@H]4CC[C@@]3(C)[C@@H]1[C@H]2C. The lowest BCUT2D eigenvalue weighted by molar-refractivity contribution is -0.273. The van der Waals surface area contributed by atoms with Crippen molar-refractivity contribution in [3.05, 3.63) is 0 Å². The Labute approximate surface area is 187 Å². The van der Waals surface area contributed by atoms with Gasteiger partial charge in [-0.15, -0.1) is 0 Å². The molecule has 1 unspecified atom stereocenters. The predicted octanol–water partition coefficient (Wildman–Crippen LogP) is 4.97. The number of rotatable bonds is 0. The Morgan fingerprint density at radius 2 is 1.74 bits per heavy atom. The second kappa shape index (κ2) is 6.79. The Morgan fingerprint density at radius 1 is 0.968 bits per heavy atom. The molecule has 4 nitrogen and oxygen atoms in total. The monoisotopic (exact) mass is 430 g/mol. The van der Waals surface area contributed by atoms with Crippen molar-refractivity contribution >= 4 is 5.78 Å². The van der Waals surface area contributed by atoms with Gasteiger partial charge in [0, 0.05) is 24.7 Å². The highest BCUT2D eigenvalue weighted by atomic mass is 16.7. The van der Waals surface area contributed by atoms with Crippen LogP contribution >= 0.6 is 0 Å². The second-order valence-electron chi connectivity index (χ2n) is 13.1. The number of ketones is 1. The van der Waals surface area contributed by atoms with Crippen LogP contribution in [0, 0.1) is 52.3 Å². The van der Waals surface area contributed by atoms with Gasteiger partial charge in [0.05, 0.1) is 18.8 Å². The fourth-order valence-electron chi connectivity index (χ4n) is 10.0. The van der Waals surface area contributed by atoms with Gasteiger partial charge in [-0.05, 0) is 85.4 Å². The molecule has 0 bridgehead atoms. The van der Waals surface area contributed by atoms with Crippen molar-refractivity contribution < 1.29 is 19.4 Å². The number of carbonyl (C=O) groups is 1. The van der Waals surface area contributed by atoms with Crippen LogP contribution in [0.2, 0.25) is 0 Å². The summed E-state index contributed by atoms with van der Waals surface area (Å²) in [5.41, 5.74) is 0.355. The summed E-state index contributed by atoms with van der Waals surface area (Å²) in [7, 11) is 0. The molecule has 4 heteroatoms. The van der Waals surface area contributed by atoms with E-state index < -0.39 is 0 Å². The Morgan fingerprint density at radius 3 is 2.48 bits per heavy atom. The van der Waals surface area contributed by atoms with Gasteiger partial charge in [-0.25, -0.2) is 0 Å². The van der Waals surface area contributed by atoms with Crippen molar-refractivity contribution in [3.8, 4) is 0 Å². The van der Waals surface area contributed by atoms with Gasteiger partial charge < -0.3 is 14.6 Å². The number of aliphatic hydroxyl groups excluding tert-OH is 1. The van der Waals surface area contributed by atoms with Gasteiger partial charge in [0.15, 0.2) is 5.79 Å². The summed E-state index contributed by atoms with van der Waals surface area (Å²) in [5.74, 6) is 3.53. The smallest absolute Gasteiger partial charge is 0.171 e. The van der Waals surface area contributed by atoms with Crippen molar-refractivity contribution in [2.24, 2.45) is 52.3 Å². The van der Waals surface area contributed by atoms with Crippen LogP contribution in [0.5, 0.6) is 0 Å². The van der Waals surface area contributed by atoms with Crippen LogP contribution < -0.4 is 0 Å². The van der Waals surface area contributed by atoms with Crippen molar-refractivity contribution in [3.63, 3.8) is 0 Å². The molecule has 174 valence electrons.